The van der Waals surface area contributed by atoms with Crippen LogP contribution in [0.2, 0.25) is 0 Å². The number of carbonyl (C=O) groups is 1. The number of rotatable bonds is 9. The second-order valence-corrected chi connectivity index (χ2v) is 6.10. The van der Waals surface area contributed by atoms with E-state index in [0.717, 1.165) is 30.4 Å². The van der Waals surface area contributed by atoms with Crippen molar-refractivity contribution >= 4 is 5.91 Å². The number of hydrogen-bond acceptors (Lipinski definition) is 5. The van der Waals surface area contributed by atoms with Gasteiger partial charge in [-0.2, -0.15) is 4.68 Å². The van der Waals surface area contributed by atoms with Crippen LogP contribution in [0.25, 0.3) is 5.69 Å². The van der Waals surface area contributed by atoms with Crippen molar-refractivity contribution in [1.82, 2.24) is 9.78 Å². The van der Waals surface area contributed by atoms with E-state index in [-0.39, 0.29) is 6.08 Å². The highest BCUT2D eigenvalue weighted by Crippen LogP contribution is 2.11. The minimum atomic E-state index is -0.652. The number of ether oxygens (including phenoxy) is 1. The molecule has 0 unspecified atom stereocenters. The topological polar surface area (TPSA) is 100 Å². The summed E-state index contributed by atoms with van der Waals surface area (Å²) in [6.45, 7) is 0.426. The molecular formula is C20H21N3O4. The molecule has 0 aliphatic carbocycles. The molecule has 140 valence electrons. The lowest BCUT2D eigenvalue weighted by Gasteiger charge is -2.02. The lowest BCUT2D eigenvalue weighted by molar-refractivity contribution is 0.100. The molecule has 7 nitrogen and oxygen atoms in total. The summed E-state index contributed by atoms with van der Waals surface area (Å²) in [6, 6.07) is 16.5. The van der Waals surface area contributed by atoms with Crippen LogP contribution in [0, 0.1) is 0 Å². The van der Waals surface area contributed by atoms with Crippen molar-refractivity contribution in [3.8, 4) is 11.8 Å². The highest BCUT2D eigenvalue weighted by Gasteiger charge is 2.11. The molecule has 7 heteroatoms. The first kappa shape index (κ1) is 18.4. The minimum absolute atomic E-state index is 0.0676. The van der Waals surface area contributed by atoms with Crippen LogP contribution < -0.4 is 16.2 Å². The maximum Gasteiger partial charge on any atom is 0.444 e. The fraction of sp³-hybridized carbons (Fsp3) is 0.250. The average Bonchev–Trinajstić information content (AvgIpc) is 3.06. The molecule has 0 saturated heterocycles. The Hall–Kier alpha value is -3.35. The number of amides is 1. The first-order chi connectivity index (χ1) is 13.1. The summed E-state index contributed by atoms with van der Waals surface area (Å²) in [6.07, 6.45) is 3.89. The van der Waals surface area contributed by atoms with Gasteiger partial charge in [-0.15, -0.1) is 0 Å². The molecule has 2 aromatic carbocycles. The van der Waals surface area contributed by atoms with Crippen molar-refractivity contribution in [2.24, 2.45) is 5.73 Å². The fourth-order valence-electron chi connectivity index (χ4n) is 2.66. The lowest BCUT2D eigenvalue weighted by atomic mass is 10.1. The standard InChI is InChI=1S/C20H21N3O4/c21-18(24)16-10-12-17(13-11-16)23-20(25)27-19(22-23)26-14-6-2-5-9-15-7-3-1-4-8-15/h1,3-4,7-8,10-13H,2,5-6,9,14H2,(H2,21,24). The van der Waals surface area contributed by atoms with Gasteiger partial charge >= 0.3 is 11.8 Å². The molecule has 27 heavy (non-hydrogen) atoms. The minimum Gasteiger partial charge on any atom is -0.449 e. The maximum absolute atomic E-state index is 11.9. The Kier molecular flexibility index (Phi) is 6.04. The van der Waals surface area contributed by atoms with Crippen LogP contribution in [-0.4, -0.2) is 22.3 Å². The lowest BCUT2D eigenvalue weighted by Crippen LogP contribution is -2.14. The summed E-state index contributed by atoms with van der Waals surface area (Å²) in [5.74, 6) is -1.19. The van der Waals surface area contributed by atoms with Gasteiger partial charge in [0.15, 0.2) is 0 Å². The molecule has 3 rings (SSSR count). The van der Waals surface area contributed by atoms with Gasteiger partial charge in [0.2, 0.25) is 5.91 Å². The Bertz CT molecular complexity index is 930. The number of hydrogen-bond donors (Lipinski definition) is 1. The molecule has 0 atom stereocenters. The van der Waals surface area contributed by atoms with E-state index in [0.29, 0.717) is 17.9 Å². The summed E-state index contributed by atoms with van der Waals surface area (Å²) in [4.78, 5) is 23.0. The highest BCUT2D eigenvalue weighted by molar-refractivity contribution is 5.92. The number of benzene rings is 2. The van der Waals surface area contributed by atoms with Crippen molar-refractivity contribution in [3.05, 3.63) is 76.3 Å². The maximum atomic E-state index is 11.9. The third-order valence-corrected chi connectivity index (χ3v) is 4.10. The summed E-state index contributed by atoms with van der Waals surface area (Å²) in [7, 11) is 0. The molecule has 0 bridgehead atoms. The van der Waals surface area contributed by atoms with E-state index in [1.165, 1.54) is 17.7 Å². The molecule has 3 aromatic rings. The molecule has 1 heterocycles. The fourth-order valence-corrected chi connectivity index (χ4v) is 2.66. The van der Waals surface area contributed by atoms with E-state index in [1.54, 1.807) is 12.1 Å². The largest absolute Gasteiger partial charge is 0.449 e. The average molecular weight is 367 g/mol. The Morgan fingerprint density at radius 2 is 1.78 bits per heavy atom. The number of carbonyl (C=O) groups excluding carboxylic acids is 1. The second kappa shape index (κ2) is 8.84. The SMILES string of the molecule is NC(=O)c1ccc(-n2nc(OCCCCCc3ccccc3)oc2=O)cc1. The van der Waals surface area contributed by atoms with Gasteiger partial charge in [0.1, 0.15) is 0 Å². The van der Waals surface area contributed by atoms with Crippen LogP contribution >= 0.6 is 0 Å². The van der Waals surface area contributed by atoms with E-state index in [1.807, 2.05) is 18.2 Å². The summed E-state index contributed by atoms with van der Waals surface area (Å²) >= 11 is 0. The Morgan fingerprint density at radius 3 is 2.48 bits per heavy atom. The normalized spacial score (nSPS) is 10.7. The first-order valence-electron chi connectivity index (χ1n) is 8.80. The zero-order valence-corrected chi connectivity index (χ0v) is 14.8. The molecule has 0 radical (unpaired) electrons. The summed E-state index contributed by atoms with van der Waals surface area (Å²) in [5.41, 5.74) is 7.34. The number of primary amides is 1. The molecule has 0 spiro atoms. The Balaban J connectivity index is 1.47. The van der Waals surface area contributed by atoms with Crippen LogP contribution in [0.15, 0.2) is 63.8 Å². The van der Waals surface area contributed by atoms with Crippen molar-refractivity contribution in [2.45, 2.75) is 25.7 Å². The molecule has 1 aromatic heterocycles. The van der Waals surface area contributed by atoms with Gasteiger partial charge in [0, 0.05) is 5.56 Å². The Morgan fingerprint density at radius 1 is 1.04 bits per heavy atom. The molecule has 0 aliphatic rings. The summed E-state index contributed by atoms with van der Waals surface area (Å²) in [5, 5.41) is 4.02. The van der Waals surface area contributed by atoms with Crippen LogP contribution in [0.4, 0.5) is 0 Å². The molecule has 0 saturated carbocycles. The van der Waals surface area contributed by atoms with Gasteiger partial charge in [-0.3, -0.25) is 4.79 Å². The number of nitrogens with zero attached hydrogens (tertiary/aromatic N) is 2. The molecule has 0 aliphatic heterocycles. The van der Waals surface area contributed by atoms with Crippen LogP contribution in [0.3, 0.4) is 0 Å². The zero-order valence-electron chi connectivity index (χ0n) is 14.8. The van der Waals surface area contributed by atoms with E-state index < -0.39 is 11.7 Å². The van der Waals surface area contributed by atoms with Crippen molar-refractivity contribution in [1.29, 1.82) is 0 Å². The molecular weight excluding hydrogens is 346 g/mol. The first-order valence-corrected chi connectivity index (χ1v) is 8.80. The van der Waals surface area contributed by atoms with Crippen molar-refractivity contribution in [3.63, 3.8) is 0 Å². The van der Waals surface area contributed by atoms with Gasteiger partial charge in [-0.05, 0) is 55.5 Å². The van der Waals surface area contributed by atoms with Crippen LogP contribution in [0.1, 0.15) is 35.2 Å². The predicted octanol–water partition coefficient (Wildman–Crippen LogP) is 2.72. The van der Waals surface area contributed by atoms with Gasteiger partial charge < -0.3 is 14.9 Å². The van der Waals surface area contributed by atoms with Gasteiger partial charge in [0.05, 0.1) is 12.3 Å². The van der Waals surface area contributed by atoms with E-state index in [2.05, 4.69) is 17.2 Å². The van der Waals surface area contributed by atoms with Gasteiger partial charge in [-0.25, -0.2) is 4.79 Å². The van der Waals surface area contributed by atoms with Gasteiger partial charge in [-0.1, -0.05) is 35.4 Å². The smallest absolute Gasteiger partial charge is 0.444 e. The van der Waals surface area contributed by atoms with Crippen molar-refractivity contribution in [2.75, 3.05) is 6.61 Å². The molecule has 2 N–H and O–H groups in total. The number of aromatic nitrogens is 2. The van der Waals surface area contributed by atoms with E-state index >= 15 is 0 Å². The quantitative estimate of drug-likeness (QED) is 0.586. The second-order valence-electron chi connectivity index (χ2n) is 6.10. The zero-order chi connectivity index (χ0) is 19.1. The van der Waals surface area contributed by atoms with Gasteiger partial charge in [0.25, 0.3) is 0 Å². The third kappa shape index (κ3) is 5.07. The van der Waals surface area contributed by atoms with E-state index in [4.69, 9.17) is 14.9 Å². The molecule has 0 fully saturated rings. The third-order valence-electron chi connectivity index (χ3n) is 4.10. The predicted molar refractivity (Wildman–Crippen MR) is 100 cm³/mol. The number of nitrogens with two attached hydrogens (primary N) is 1. The number of unbranched alkanes of at least 4 members (excludes halogenated alkanes) is 2. The van der Waals surface area contributed by atoms with Crippen molar-refractivity contribution < 1.29 is 13.9 Å². The molecule has 1 amide bonds. The monoisotopic (exact) mass is 367 g/mol. The summed E-state index contributed by atoms with van der Waals surface area (Å²) < 4.78 is 11.5. The Labute approximate surface area is 156 Å². The highest BCUT2D eigenvalue weighted by atomic mass is 16.6. The van der Waals surface area contributed by atoms with E-state index in [9.17, 15) is 9.59 Å². The van der Waals surface area contributed by atoms with Crippen LogP contribution in [0.5, 0.6) is 6.08 Å². The number of aryl methyl sites for hydroxylation is 1. The van der Waals surface area contributed by atoms with Crippen LogP contribution in [-0.2, 0) is 6.42 Å².